The summed E-state index contributed by atoms with van der Waals surface area (Å²) >= 11 is 0. The van der Waals surface area contributed by atoms with Gasteiger partial charge in [-0.15, -0.1) is 0 Å². The highest BCUT2D eigenvalue weighted by atomic mass is 16.7. The third-order valence-corrected chi connectivity index (χ3v) is 11.3. The molecular formula is C50H86O14. The van der Waals surface area contributed by atoms with Gasteiger partial charge in [0.15, 0.2) is 12.6 Å². The molecule has 14 heteroatoms. The average molecular weight is 911 g/mol. The van der Waals surface area contributed by atoms with E-state index in [-0.39, 0.29) is 19.6 Å². The van der Waals surface area contributed by atoms with Gasteiger partial charge in [0.1, 0.15) is 54.9 Å². The monoisotopic (exact) mass is 911 g/mol. The lowest BCUT2D eigenvalue weighted by atomic mass is 9.98. The first-order valence-corrected chi connectivity index (χ1v) is 24.4. The minimum atomic E-state index is -1.71. The second-order valence-electron chi connectivity index (χ2n) is 16.9. The predicted octanol–water partition coefficient (Wildman–Crippen LogP) is 6.57. The summed E-state index contributed by atoms with van der Waals surface area (Å²) in [6.07, 6.45) is 27.1. The first-order valence-electron chi connectivity index (χ1n) is 24.4. The van der Waals surface area contributed by atoms with Crippen LogP contribution in [0.15, 0.2) is 60.8 Å². The minimum absolute atomic E-state index is 0.0444. The van der Waals surface area contributed by atoms with Crippen molar-refractivity contribution in [1.82, 2.24) is 0 Å². The Bertz CT molecular complexity index is 1290. The number of rotatable bonds is 37. The molecule has 2 aliphatic heterocycles. The Morgan fingerprint density at radius 3 is 1.59 bits per heavy atom. The van der Waals surface area contributed by atoms with Crippen molar-refractivity contribution in [2.45, 2.75) is 216 Å². The average Bonchev–Trinajstić information content (AvgIpc) is 3.29. The van der Waals surface area contributed by atoms with E-state index < -0.39 is 86.7 Å². The van der Waals surface area contributed by atoms with Crippen LogP contribution in [0.3, 0.4) is 0 Å². The lowest BCUT2D eigenvalue weighted by Crippen LogP contribution is -2.61. The zero-order valence-electron chi connectivity index (χ0n) is 39.0. The number of allylic oxidation sites excluding steroid dienone is 10. The summed E-state index contributed by atoms with van der Waals surface area (Å²) < 4.78 is 34.2. The van der Waals surface area contributed by atoms with Crippen molar-refractivity contribution < 1.29 is 69.0 Å². The summed E-state index contributed by atoms with van der Waals surface area (Å²) in [7, 11) is 0. The maximum atomic E-state index is 13.0. The van der Waals surface area contributed by atoms with Crippen LogP contribution in [0, 0.1) is 0 Å². The minimum Gasteiger partial charge on any atom is -0.457 e. The molecule has 2 rings (SSSR count). The van der Waals surface area contributed by atoms with Gasteiger partial charge in [-0.2, -0.15) is 0 Å². The van der Waals surface area contributed by atoms with Gasteiger partial charge in [-0.3, -0.25) is 4.79 Å². The molecule has 0 aromatic heterocycles. The number of carbonyl (C=O) groups excluding carboxylic acids is 1. The molecule has 14 nitrogen and oxygen atoms in total. The van der Waals surface area contributed by atoms with Gasteiger partial charge < -0.3 is 64.2 Å². The quantitative estimate of drug-likeness (QED) is 0.0200. The highest BCUT2D eigenvalue weighted by Gasteiger charge is 2.47. The number of hydrogen-bond acceptors (Lipinski definition) is 14. The molecule has 370 valence electrons. The SMILES string of the molecule is CC/C=C\C/C=C\C/C=C\CCCCCCCC(=O)OC(COCCCCCCCC/C=C\C/C=C\CCCC)COC1OC(COC2OC(CO)C(O)C(O)C2O)C(O)C(O)C1O. The largest absolute Gasteiger partial charge is 0.457 e. The van der Waals surface area contributed by atoms with Gasteiger partial charge in [0.2, 0.25) is 0 Å². The van der Waals surface area contributed by atoms with E-state index in [0.717, 1.165) is 96.3 Å². The Morgan fingerprint density at radius 2 is 1.02 bits per heavy atom. The van der Waals surface area contributed by atoms with E-state index in [9.17, 15) is 40.5 Å². The molecule has 0 aliphatic carbocycles. The predicted molar refractivity (Wildman–Crippen MR) is 247 cm³/mol. The molecule has 2 fully saturated rings. The van der Waals surface area contributed by atoms with Gasteiger partial charge in [-0.05, 0) is 70.6 Å². The van der Waals surface area contributed by atoms with Crippen LogP contribution in [-0.4, -0.2) is 142 Å². The summed E-state index contributed by atoms with van der Waals surface area (Å²) in [5, 5.41) is 72.0. The Balaban J connectivity index is 1.81. The summed E-state index contributed by atoms with van der Waals surface area (Å²) in [5.74, 6) is -0.400. The van der Waals surface area contributed by atoms with Crippen molar-refractivity contribution in [1.29, 1.82) is 0 Å². The van der Waals surface area contributed by atoms with Crippen molar-refractivity contribution in [3.05, 3.63) is 60.8 Å². The molecule has 2 saturated heterocycles. The third-order valence-electron chi connectivity index (χ3n) is 11.3. The van der Waals surface area contributed by atoms with Crippen molar-refractivity contribution >= 4 is 5.97 Å². The van der Waals surface area contributed by atoms with Crippen LogP contribution >= 0.6 is 0 Å². The fourth-order valence-electron chi connectivity index (χ4n) is 7.26. The van der Waals surface area contributed by atoms with E-state index in [1.54, 1.807) is 0 Å². The second kappa shape index (κ2) is 37.7. The third kappa shape index (κ3) is 25.6. The summed E-state index contributed by atoms with van der Waals surface area (Å²) in [5.41, 5.74) is 0. The molecule has 0 aromatic carbocycles. The molecule has 0 amide bonds. The van der Waals surface area contributed by atoms with Crippen LogP contribution in [0.2, 0.25) is 0 Å². The van der Waals surface area contributed by atoms with Gasteiger partial charge in [-0.1, -0.05) is 132 Å². The molecule has 0 saturated carbocycles. The normalized spacial score (nSPS) is 27.3. The van der Waals surface area contributed by atoms with E-state index in [0.29, 0.717) is 13.0 Å². The number of ether oxygens (including phenoxy) is 6. The van der Waals surface area contributed by atoms with Crippen molar-refractivity contribution in [3.63, 3.8) is 0 Å². The molecule has 7 N–H and O–H groups in total. The number of unbranched alkanes of at least 4 members (excludes halogenated alkanes) is 13. The molecule has 0 aromatic rings. The molecule has 11 atom stereocenters. The standard InChI is InChI=1S/C50H86O14/c1-3-5-7-9-11-13-15-17-19-21-23-25-27-29-31-33-42(52)62-39(36-59-34-32-30-28-26-24-22-20-18-16-14-12-10-8-6-4-2)37-60-49-48(58)46(56)44(54)41(64-49)38-61-50-47(57)45(55)43(53)40(35-51)63-50/h5,7,10-13,16-19,39-41,43-51,53-58H,3-4,6,8-9,14-15,20-38H2,1-2H3/b7-5-,12-10-,13-11-,18-16-,19-17-. The molecule has 64 heavy (non-hydrogen) atoms. The van der Waals surface area contributed by atoms with Crippen molar-refractivity contribution in [2.24, 2.45) is 0 Å². The van der Waals surface area contributed by atoms with Gasteiger partial charge in [0, 0.05) is 13.0 Å². The molecular weight excluding hydrogens is 825 g/mol. The molecule has 11 unspecified atom stereocenters. The van der Waals surface area contributed by atoms with E-state index in [2.05, 4.69) is 74.6 Å². The number of aliphatic hydroxyl groups is 7. The molecule has 0 bridgehead atoms. The van der Waals surface area contributed by atoms with Crippen LogP contribution in [-0.2, 0) is 33.2 Å². The maximum Gasteiger partial charge on any atom is 0.306 e. The van der Waals surface area contributed by atoms with Gasteiger partial charge >= 0.3 is 5.97 Å². The van der Waals surface area contributed by atoms with Crippen LogP contribution in [0.5, 0.6) is 0 Å². The number of esters is 1. The van der Waals surface area contributed by atoms with Gasteiger partial charge in [-0.25, -0.2) is 0 Å². The fraction of sp³-hybridized carbons (Fsp3) is 0.780. The first kappa shape index (κ1) is 57.8. The maximum absolute atomic E-state index is 13.0. The Labute approximate surface area is 384 Å². The first-order chi connectivity index (χ1) is 31.1. The lowest BCUT2D eigenvalue weighted by Gasteiger charge is -2.42. The summed E-state index contributed by atoms with van der Waals surface area (Å²) in [6.45, 7) is 3.46. The smallest absolute Gasteiger partial charge is 0.306 e. The van der Waals surface area contributed by atoms with Crippen molar-refractivity contribution in [2.75, 3.05) is 33.0 Å². The summed E-state index contributed by atoms with van der Waals surface area (Å²) in [6, 6.07) is 0. The zero-order valence-corrected chi connectivity index (χ0v) is 39.0. The van der Waals surface area contributed by atoms with Crippen molar-refractivity contribution in [3.8, 4) is 0 Å². The molecule has 0 radical (unpaired) electrons. The van der Waals surface area contributed by atoms with Gasteiger partial charge in [0.05, 0.1) is 26.4 Å². The second-order valence-corrected chi connectivity index (χ2v) is 16.9. The van der Waals surface area contributed by atoms with Crippen LogP contribution < -0.4 is 0 Å². The van der Waals surface area contributed by atoms with Crippen LogP contribution in [0.25, 0.3) is 0 Å². The highest BCUT2D eigenvalue weighted by molar-refractivity contribution is 5.69. The van der Waals surface area contributed by atoms with E-state index in [4.69, 9.17) is 28.4 Å². The molecule has 2 heterocycles. The van der Waals surface area contributed by atoms with E-state index >= 15 is 0 Å². The summed E-state index contributed by atoms with van der Waals surface area (Å²) in [4.78, 5) is 13.0. The lowest BCUT2D eigenvalue weighted by molar-refractivity contribution is -0.332. The van der Waals surface area contributed by atoms with E-state index in [1.807, 2.05) is 0 Å². The van der Waals surface area contributed by atoms with Gasteiger partial charge in [0.25, 0.3) is 0 Å². The highest BCUT2D eigenvalue weighted by Crippen LogP contribution is 2.26. The fourth-order valence-corrected chi connectivity index (χ4v) is 7.26. The zero-order chi connectivity index (χ0) is 46.6. The number of hydrogen-bond donors (Lipinski definition) is 7. The molecule has 0 spiro atoms. The Hall–Kier alpha value is -2.31. The molecule has 2 aliphatic rings. The van der Waals surface area contributed by atoms with E-state index in [1.165, 1.54) is 25.7 Å². The van der Waals surface area contributed by atoms with Crippen LogP contribution in [0.4, 0.5) is 0 Å². The Kier molecular flexibility index (Phi) is 34.1. The Morgan fingerprint density at radius 1 is 0.531 bits per heavy atom. The topological polar surface area (TPSA) is 214 Å². The van der Waals surface area contributed by atoms with Crippen LogP contribution in [0.1, 0.15) is 149 Å². The number of carbonyl (C=O) groups is 1. The number of aliphatic hydroxyl groups excluding tert-OH is 7.